The quantitative estimate of drug-likeness (QED) is 0.528. The number of benzene rings is 1. The van der Waals surface area contributed by atoms with Crippen LogP contribution >= 0.6 is 0 Å². The van der Waals surface area contributed by atoms with Crippen molar-refractivity contribution < 1.29 is 14.4 Å². The van der Waals surface area contributed by atoms with E-state index in [1.807, 2.05) is 40.1 Å². The Bertz CT molecular complexity index is 873. The van der Waals surface area contributed by atoms with Gasteiger partial charge in [0, 0.05) is 38.3 Å². The summed E-state index contributed by atoms with van der Waals surface area (Å²) in [6.45, 7) is 7.71. The van der Waals surface area contributed by atoms with Crippen molar-refractivity contribution in [1.82, 2.24) is 14.7 Å². The van der Waals surface area contributed by atoms with Gasteiger partial charge in [-0.2, -0.15) is 0 Å². The molecule has 7 nitrogen and oxygen atoms in total. The van der Waals surface area contributed by atoms with Crippen LogP contribution in [0.4, 0.5) is 5.69 Å². The topological polar surface area (TPSA) is 64.2 Å². The fraction of sp³-hybridized carbons (Fsp3) is 0.679. The predicted molar refractivity (Wildman–Crippen MR) is 138 cm³/mol. The summed E-state index contributed by atoms with van der Waals surface area (Å²) in [6, 6.07) is 10.0. The van der Waals surface area contributed by atoms with Crippen molar-refractivity contribution in [2.45, 2.75) is 77.2 Å². The molecule has 0 bridgehead atoms. The largest absolute Gasteiger partial charge is 0.342 e. The molecule has 1 aromatic rings. The standard InChI is InChI=1S/C28H42N4O3/c1-3-4-5-9-12-25(33)30-19-15-28(16-20-30)27(35)31(22-32(28)24-10-7-6-8-11-24)21-26(34)29-17-13-23(2)14-18-29/h6-8,10-11,23H,3-5,9,12-22H2,1-2H3. The van der Waals surface area contributed by atoms with Gasteiger partial charge in [0.15, 0.2) is 0 Å². The minimum absolute atomic E-state index is 0.0372. The van der Waals surface area contributed by atoms with Crippen LogP contribution in [0.1, 0.15) is 71.6 Å². The van der Waals surface area contributed by atoms with Gasteiger partial charge < -0.3 is 19.6 Å². The second kappa shape index (κ2) is 11.4. The van der Waals surface area contributed by atoms with Gasteiger partial charge >= 0.3 is 0 Å². The molecule has 1 aromatic carbocycles. The highest BCUT2D eigenvalue weighted by atomic mass is 16.2. The van der Waals surface area contributed by atoms with E-state index in [2.05, 4.69) is 18.7 Å². The number of unbranched alkanes of at least 4 members (excludes halogenated alkanes) is 3. The van der Waals surface area contributed by atoms with Gasteiger partial charge in [-0.05, 0) is 50.2 Å². The Hall–Kier alpha value is -2.57. The second-order valence-electron chi connectivity index (χ2n) is 10.7. The van der Waals surface area contributed by atoms with E-state index in [0.29, 0.717) is 44.9 Å². The maximum absolute atomic E-state index is 13.9. The van der Waals surface area contributed by atoms with Gasteiger partial charge in [-0.1, -0.05) is 51.3 Å². The van der Waals surface area contributed by atoms with Crippen molar-refractivity contribution in [3.63, 3.8) is 0 Å². The molecule has 0 N–H and O–H groups in total. The number of carbonyl (C=O) groups excluding carboxylic acids is 3. The van der Waals surface area contributed by atoms with E-state index in [9.17, 15) is 14.4 Å². The number of rotatable bonds is 8. The van der Waals surface area contributed by atoms with E-state index in [1.165, 1.54) is 6.42 Å². The first-order chi connectivity index (χ1) is 16.9. The molecule has 0 unspecified atom stereocenters. The lowest BCUT2D eigenvalue weighted by Crippen LogP contribution is -2.57. The van der Waals surface area contributed by atoms with Crippen LogP contribution in [0.5, 0.6) is 0 Å². The molecule has 192 valence electrons. The van der Waals surface area contributed by atoms with Gasteiger partial charge in [-0.3, -0.25) is 14.4 Å². The smallest absolute Gasteiger partial charge is 0.250 e. The first-order valence-electron chi connectivity index (χ1n) is 13.6. The van der Waals surface area contributed by atoms with Crippen molar-refractivity contribution in [1.29, 1.82) is 0 Å². The van der Waals surface area contributed by atoms with E-state index in [4.69, 9.17) is 0 Å². The Morgan fingerprint density at radius 2 is 1.57 bits per heavy atom. The molecule has 4 rings (SSSR count). The molecular formula is C28H42N4O3. The van der Waals surface area contributed by atoms with Crippen molar-refractivity contribution in [3.8, 4) is 0 Å². The van der Waals surface area contributed by atoms with Crippen LogP contribution in [0.25, 0.3) is 0 Å². The molecule has 0 atom stereocenters. The molecular weight excluding hydrogens is 440 g/mol. The van der Waals surface area contributed by atoms with Gasteiger partial charge in [0.05, 0.1) is 6.67 Å². The van der Waals surface area contributed by atoms with Crippen molar-refractivity contribution >= 4 is 23.4 Å². The van der Waals surface area contributed by atoms with Gasteiger partial charge in [-0.25, -0.2) is 0 Å². The zero-order chi connectivity index (χ0) is 24.8. The van der Waals surface area contributed by atoms with E-state index in [-0.39, 0.29) is 24.3 Å². The minimum Gasteiger partial charge on any atom is -0.342 e. The normalized spacial score (nSPS) is 20.7. The van der Waals surface area contributed by atoms with Crippen molar-refractivity contribution in [2.75, 3.05) is 44.3 Å². The van der Waals surface area contributed by atoms with Crippen LogP contribution in [-0.2, 0) is 14.4 Å². The lowest BCUT2D eigenvalue weighted by atomic mass is 9.85. The van der Waals surface area contributed by atoms with Gasteiger partial charge in [-0.15, -0.1) is 0 Å². The highest BCUT2D eigenvalue weighted by Gasteiger charge is 2.54. The third kappa shape index (κ3) is 5.65. The molecule has 35 heavy (non-hydrogen) atoms. The van der Waals surface area contributed by atoms with Crippen LogP contribution in [0.2, 0.25) is 0 Å². The second-order valence-corrected chi connectivity index (χ2v) is 10.7. The Balaban J connectivity index is 1.44. The maximum Gasteiger partial charge on any atom is 0.250 e. The summed E-state index contributed by atoms with van der Waals surface area (Å²) in [4.78, 5) is 47.5. The maximum atomic E-state index is 13.9. The van der Waals surface area contributed by atoms with Crippen molar-refractivity contribution in [3.05, 3.63) is 30.3 Å². The number of anilines is 1. The fourth-order valence-corrected chi connectivity index (χ4v) is 5.83. The minimum atomic E-state index is -0.683. The molecule has 0 saturated carbocycles. The van der Waals surface area contributed by atoms with E-state index in [0.717, 1.165) is 50.9 Å². The van der Waals surface area contributed by atoms with Crippen LogP contribution < -0.4 is 4.90 Å². The lowest BCUT2D eigenvalue weighted by Gasteiger charge is -2.43. The Labute approximate surface area is 210 Å². The third-order valence-electron chi connectivity index (χ3n) is 8.23. The number of likely N-dealkylation sites (tertiary alicyclic amines) is 2. The molecule has 0 aromatic heterocycles. The molecule has 3 aliphatic rings. The Kier molecular flexibility index (Phi) is 8.34. The molecule has 3 amide bonds. The first-order valence-corrected chi connectivity index (χ1v) is 13.6. The molecule has 1 spiro atoms. The number of hydrogen-bond acceptors (Lipinski definition) is 4. The zero-order valence-electron chi connectivity index (χ0n) is 21.6. The van der Waals surface area contributed by atoms with E-state index < -0.39 is 5.54 Å². The molecule has 0 aliphatic carbocycles. The fourth-order valence-electron chi connectivity index (χ4n) is 5.83. The first kappa shape index (κ1) is 25.5. The molecule has 3 aliphatic heterocycles. The summed E-state index contributed by atoms with van der Waals surface area (Å²) in [5, 5.41) is 0. The van der Waals surface area contributed by atoms with Crippen LogP contribution in [0, 0.1) is 5.92 Å². The summed E-state index contributed by atoms with van der Waals surface area (Å²) in [5.74, 6) is 0.952. The summed E-state index contributed by atoms with van der Waals surface area (Å²) < 4.78 is 0. The molecule has 0 radical (unpaired) electrons. The van der Waals surface area contributed by atoms with Gasteiger partial charge in [0.2, 0.25) is 11.8 Å². The van der Waals surface area contributed by atoms with Crippen LogP contribution in [-0.4, -0.2) is 77.4 Å². The average Bonchev–Trinajstić information content (AvgIpc) is 3.14. The van der Waals surface area contributed by atoms with Crippen LogP contribution in [0.15, 0.2) is 30.3 Å². The number of piperidine rings is 2. The lowest BCUT2D eigenvalue weighted by molar-refractivity contribution is -0.142. The van der Waals surface area contributed by atoms with Gasteiger partial charge in [0.25, 0.3) is 5.91 Å². The molecule has 7 heteroatoms. The average molecular weight is 483 g/mol. The third-order valence-corrected chi connectivity index (χ3v) is 8.23. The number of carbonyl (C=O) groups is 3. The summed E-state index contributed by atoms with van der Waals surface area (Å²) in [5.41, 5.74) is 0.318. The van der Waals surface area contributed by atoms with Crippen molar-refractivity contribution in [2.24, 2.45) is 5.92 Å². The number of para-hydroxylation sites is 1. The SMILES string of the molecule is CCCCCCC(=O)N1CCC2(CC1)C(=O)N(CC(=O)N1CCC(C)CC1)CN2c1ccccc1. The van der Waals surface area contributed by atoms with Gasteiger partial charge in [0.1, 0.15) is 12.1 Å². The summed E-state index contributed by atoms with van der Waals surface area (Å²) >= 11 is 0. The Morgan fingerprint density at radius 1 is 0.914 bits per heavy atom. The van der Waals surface area contributed by atoms with E-state index >= 15 is 0 Å². The number of nitrogens with zero attached hydrogens (tertiary/aromatic N) is 4. The summed E-state index contributed by atoms with van der Waals surface area (Å²) in [6.07, 6.45) is 8.23. The Morgan fingerprint density at radius 3 is 2.23 bits per heavy atom. The monoisotopic (exact) mass is 482 g/mol. The highest BCUT2D eigenvalue weighted by molar-refractivity contribution is 5.96. The highest BCUT2D eigenvalue weighted by Crippen LogP contribution is 2.39. The molecule has 3 fully saturated rings. The molecule has 3 heterocycles. The molecule has 3 saturated heterocycles. The van der Waals surface area contributed by atoms with E-state index in [1.54, 1.807) is 4.90 Å². The number of hydrogen-bond donors (Lipinski definition) is 0. The number of amides is 3. The van der Waals surface area contributed by atoms with Crippen LogP contribution in [0.3, 0.4) is 0 Å². The predicted octanol–water partition coefficient (Wildman–Crippen LogP) is 3.88. The zero-order valence-corrected chi connectivity index (χ0v) is 21.6. The summed E-state index contributed by atoms with van der Waals surface area (Å²) in [7, 11) is 0.